The topological polar surface area (TPSA) is 116 Å². The second-order valence-electron chi connectivity index (χ2n) is 4.65. The van der Waals surface area contributed by atoms with Gasteiger partial charge in [0.2, 0.25) is 0 Å². The van der Waals surface area contributed by atoms with Gasteiger partial charge in [-0.25, -0.2) is 0 Å². The zero-order valence-electron chi connectivity index (χ0n) is 11.1. The third kappa shape index (κ3) is 11.4. The molecule has 0 aromatic carbocycles. The number of aliphatic carboxylic acids is 1. The molecule has 2 atom stereocenters. The van der Waals surface area contributed by atoms with Gasteiger partial charge in [0.25, 0.3) is 0 Å². The fraction of sp³-hybridized carbons (Fsp3) is 0.800. The van der Waals surface area contributed by atoms with Gasteiger partial charge in [0.1, 0.15) is 17.7 Å². The van der Waals surface area contributed by atoms with Crippen LogP contribution in [0.15, 0.2) is 0 Å². The van der Waals surface area contributed by atoms with Gasteiger partial charge in [-0.05, 0) is 20.8 Å². The van der Waals surface area contributed by atoms with E-state index in [0.717, 1.165) is 0 Å². The highest BCUT2D eigenvalue weighted by molar-refractivity contribution is 8.76. The van der Waals surface area contributed by atoms with E-state index in [-0.39, 0.29) is 18.2 Å². The van der Waals surface area contributed by atoms with Crippen molar-refractivity contribution in [3.05, 3.63) is 0 Å². The minimum absolute atomic E-state index is 0. The Bertz CT molecular complexity index is 300. The monoisotopic (exact) mass is 332 g/mol. The van der Waals surface area contributed by atoms with Crippen LogP contribution in [0.2, 0.25) is 0 Å². The van der Waals surface area contributed by atoms with Crippen LogP contribution in [0.25, 0.3) is 0 Å². The number of carbonyl (C=O) groups excluding carboxylic acids is 1. The summed E-state index contributed by atoms with van der Waals surface area (Å²) in [5.74, 6) is -0.884. The average Bonchev–Trinajstić information content (AvgIpc) is 2.20. The Hall–Kier alpha value is -0.150. The number of carbonyl (C=O) groups is 2. The van der Waals surface area contributed by atoms with Gasteiger partial charge in [-0.1, -0.05) is 21.6 Å². The SMILES string of the molecule is CC(C)(C)OC(=O)[C@@H](N)CSSCC(N)C(=O)O.Cl. The van der Waals surface area contributed by atoms with Crippen molar-refractivity contribution in [2.24, 2.45) is 11.5 Å². The Labute approximate surface area is 127 Å². The van der Waals surface area contributed by atoms with Crippen molar-refractivity contribution >= 4 is 45.9 Å². The summed E-state index contributed by atoms with van der Waals surface area (Å²) in [5, 5.41) is 8.56. The largest absolute Gasteiger partial charge is 0.480 e. The molecule has 0 aliphatic heterocycles. The molecule has 6 nitrogen and oxygen atoms in total. The van der Waals surface area contributed by atoms with Gasteiger partial charge >= 0.3 is 11.9 Å². The van der Waals surface area contributed by atoms with Crippen LogP contribution in [0.1, 0.15) is 20.8 Å². The van der Waals surface area contributed by atoms with E-state index in [1.165, 1.54) is 21.6 Å². The van der Waals surface area contributed by atoms with Crippen molar-refractivity contribution in [1.82, 2.24) is 0 Å². The number of hydrogen-bond acceptors (Lipinski definition) is 7. The summed E-state index contributed by atoms with van der Waals surface area (Å²) in [4.78, 5) is 22.0. The van der Waals surface area contributed by atoms with E-state index in [4.69, 9.17) is 21.3 Å². The molecule has 0 saturated heterocycles. The number of ether oxygens (including phenoxy) is 1. The normalized spacial score (nSPS) is 14.2. The van der Waals surface area contributed by atoms with Crippen molar-refractivity contribution in [2.75, 3.05) is 11.5 Å². The van der Waals surface area contributed by atoms with Gasteiger partial charge in [0.15, 0.2) is 0 Å². The van der Waals surface area contributed by atoms with Gasteiger partial charge in [0, 0.05) is 11.5 Å². The van der Waals surface area contributed by atoms with Crippen LogP contribution in [-0.4, -0.2) is 46.2 Å². The van der Waals surface area contributed by atoms with Gasteiger partial charge < -0.3 is 21.3 Å². The van der Waals surface area contributed by atoms with Crippen LogP contribution >= 0.6 is 34.0 Å². The predicted octanol–water partition coefficient (Wildman–Crippen LogP) is 0.871. The number of esters is 1. The molecule has 9 heteroatoms. The van der Waals surface area contributed by atoms with E-state index in [0.29, 0.717) is 5.75 Å². The highest BCUT2D eigenvalue weighted by Gasteiger charge is 2.22. The quantitative estimate of drug-likeness (QED) is 0.357. The molecule has 0 heterocycles. The summed E-state index contributed by atoms with van der Waals surface area (Å²) < 4.78 is 5.11. The fourth-order valence-electron chi connectivity index (χ4n) is 0.760. The van der Waals surface area contributed by atoms with Crippen LogP contribution < -0.4 is 11.5 Å². The zero-order valence-corrected chi connectivity index (χ0v) is 13.6. The molecule has 5 N–H and O–H groups in total. The summed E-state index contributed by atoms with van der Waals surface area (Å²) in [7, 11) is 2.59. The molecule has 1 unspecified atom stereocenters. The molecule has 0 spiro atoms. The third-order valence-corrected chi connectivity index (χ3v) is 4.08. The second kappa shape index (κ2) is 9.71. The van der Waals surface area contributed by atoms with Gasteiger partial charge in [0.05, 0.1) is 0 Å². The van der Waals surface area contributed by atoms with Crippen molar-refractivity contribution < 1.29 is 19.4 Å². The molecule has 0 aliphatic carbocycles. The molecule has 0 aromatic rings. The average molecular weight is 333 g/mol. The molecule has 0 bridgehead atoms. The number of halogens is 1. The van der Waals surface area contributed by atoms with Crippen molar-refractivity contribution in [3.63, 3.8) is 0 Å². The van der Waals surface area contributed by atoms with E-state index >= 15 is 0 Å². The Morgan fingerprint density at radius 3 is 1.95 bits per heavy atom. The highest BCUT2D eigenvalue weighted by Crippen LogP contribution is 2.22. The molecular weight excluding hydrogens is 312 g/mol. The number of carboxylic acid groups (broad SMARTS) is 1. The van der Waals surface area contributed by atoms with Crippen molar-refractivity contribution in [1.29, 1.82) is 0 Å². The smallest absolute Gasteiger partial charge is 0.324 e. The van der Waals surface area contributed by atoms with Gasteiger partial charge in [-0.15, -0.1) is 12.4 Å². The molecule has 0 rings (SSSR count). The van der Waals surface area contributed by atoms with E-state index in [2.05, 4.69) is 0 Å². The van der Waals surface area contributed by atoms with E-state index in [9.17, 15) is 9.59 Å². The molecule has 0 amide bonds. The van der Waals surface area contributed by atoms with Crippen LogP contribution in [0.5, 0.6) is 0 Å². The maximum absolute atomic E-state index is 11.5. The summed E-state index contributed by atoms with van der Waals surface area (Å²) in [6, 6.07) is -1.62. The first-order valence-electron chi connectivity index (χ1n) is 5.34. The Kier molecular flexibility index (Phi) is 10.8. The summed E-state index contributed by atoms with van der Waals surface area (Å²) in [5.41, 5.74) is 10.4. The molecule has 0 saturated carbocycles. The molecule has 0 fully saturated rings. The maximum Gasteiger partial charge on any atom is 0.324 e. The third-order valence-electron chi connectivity index (χ3n) is 1.61. The first-order valence-corrected chi connectivity index (χ1v) is 7.83. The summed E-state index contributed by atoms with van der Waals surface area (Å²) in [6.07, 6.45) is 0. The van der Waals surface area contributed by atoms with Gasteiger partial charge in [-0.2, -0.15) is 0 Å². The van der Waals surface area contributed by atoms with Crippen molar-refractivity contribution in [3.8, 4) is 0 Å². The van der Waals surface area contributed by atoms with Gasteiger partial charge in [-0.3, -0.25) is 9.59 Å². The van der Waals surface area contributed by atoms with Crippen LogP contribution in [-0.2, 0) is 14.3 Å². The fourth-order valence-corrected chi connectivity index (χ4v) is 2.98. The molecular formula is C10H21ClN2O4S2. The minimum atomic E-state index is -1.04. The Morgan fingerprint density at radius 2 is 1.58 bits per heavy atom. The lowest BCUT2D eigenvalue weighted by Gasteiger charge is -2.21. The predicted molar refractivity (Wildman–Crippen MR) is 81.6 cm³/mol. The minimum Gasteiger partial charge on any atom is -0.480 e. The Morgan fingerprint density at radius 1 is 1.16 bits per heavy atom. The van der Waals surface area contributed by atoms with E-state index in [1.807, 2.05) is 0 Å². The number of rotatable bonds is 7. The Balaban J connectivity index is 0. The van der Waals surface area contributed by atoms with E-state index < -0.39 is 29.6 Å². The molecule has 114 valence electrons. The summed E-state index contributed by atoms with van der Waals surface area (Å²) in [6.45, 7) is 5.31. The lowest BCUT2D eigenvalue weighted by atomic mass is 10.2. The maximum atomic E-state index is 11.5. The molecule has 19 heavy (non-hydrogen) atoms. The van der Waals surface area contributed by atoms with Crippen LogP contribution in [0.4, 0.5) is 0 Å². The molecule has 0 aliphatic rings. The zero-order chi connectivity index (χ0) is 14.3. The number of carboxylic acids is 1. The lowest BCUT2D eigenvalue weighted by Crippen LogP contribution is -2.39. The highest BCUT2D eigenvalue weighted by atomic mass is 35.5. The second-order valence-corrected chi connectivity index (χ2v) is 7.21. The first kappa shape index (κ1) is 21.2. The lowest BCUT2D eigenvalue weighted by molar-refractivity contribution is -0.155. The summed E-state index contributed by atoms with van der Waals surface area (Å²) >= 11 is 0. The van der Waals surface area contributed by atoms with Crippen molar-refractivity contribution in [2.45, 2.75) is 38.5 Å². The number of nitrogens with two attached hydrogens (primary N) is 2. The molecule has 0 radical (unpaired) electrons. The standard InChI is InChI=1S/C10H20N2O4S2.ClH/c1-10(2,3)16-9(15)7(12)5-18-17-4-6(11)8(13)14;/h6-7H,4-5,11-12H2,1-3H3,(H,13,14);1H/t6?,7-;/m0./s1. The van der Waals surface area contributed by atoms with Crippen LogP contribution in [0.3, 0.4) is 0 Å². The molecule has 0 aromatic heterocycles. The van der Waals surface area contributed by atoms with Crippen LogP contribution in [0, 0.1) is 0 Å². The number of hydrogen-bond donors (Lipinski definition) is 3. The van der Waals surface area contributed by atoms with E-state index in [1.54, 1.807) is 20.8 Å². The first-order chi connectivity index (χ1) is 8.13.